The third-order valence-electron chi connectivity index (χ3n) is 4.07. The van der Waals surface area contributed by atoms with Crippen LogP contribution in [0, 0.1) is 0 Å². The van der Waals surface area contributed by atoms with Crippen LogP contribution < -0.4 is 0 Å². The molecular weight excluding hydrogens is 310 g/mol. The smallest absolute Gasteiger partial charge is 0.273 e. The number of pyridine rings is 2. The van der Waals surface area contributed by atoms with Crippen molar-refractivity contribution >= 4 is 5.91 Å². The van der Waals surface area contributed by atoms with Crippen LogP contribution in [0.15, 0.2) is 73.2 Å². The zero-order valence-electron chi connectivity index (χ0n) is 14.3. The third kappa shape index (κ3) is 4.51. The molecule has 0 aliphatic heterocycles. The molecule has 2 aromatic heterocycles. The molecule has 4 nitrogen and oxygen atoms in total. The van der Waals surface area contributed by atoms with Gasteiger partial charge in [-0.2, -0.15) is 0 Å². The molecule has 25 heavy (non-hydrogen) atoms. The number of aryl methyl sites for hydroxylation is 1. The molecule has 0 saturated heterocycles. The van der Waals surface area contributed by atoms with Gasteiger partial charge in [0.05, 0.1) is 0 Å². The van der Waals surface area contributed by atoms with E-state index in [4.69, 9.17) is 0 Å². The number of hydrogen-bond donors (Lipinski definition) is 0. The summed E-state index contributed by atoms with van der Waals surface area (Å²) >= 11 is 0. The molecule has 0 N–H and O–H groups in total. The van der Waals surface area contributed by atoms with E-state index in [1.165, 1.54) is 5.56 Å². The lowest BCUT2D eigenvalue weighted by Gasteiger charge is -2.22. The topological polar surface area (TPSA) is 46.1 Å². The van der Waals surface area contributed by atoms with E-state index in [0.29, 0.717) is 18.8 Å². The summed E-state index contributed by atoms with van der Waals surface area (Å²) in [4.78, 5) is 23.1. The molecule has 0 unspecified atom stereocenters. The molecule has 2 heterocycles. The van der Waals surface area contributed by atoms with Gasteiger partial charge in [0.25, 0.3) is 5.91 Å². The van der Waals surface area contributed by atoms with Crippen molar-refractivity contribution in [3.05, 3.63) is 95.6 Å². The van der Waals surface area contributed by atoms with Crippen LogP contribution in [-0.2, 0) is 19.5 Å². The summed E-state index contributed by atoms with van der Waals surface area (Å²) in [7, 11) is 0. The van der Waals surface area contributed by atoms with Gasteiger partial charge in [-0.15, -0.1) is 0 Å². The Bertz CT molecular complexity index is 802. The predicted octanol–water partition coefficient (Wildman–Crippen LogP) is 3.88. The SMILES string of the molecule is CCc1ccc(CN(Cc2cccnc2)C(=O)c2ccccn2)cc1. The van der Waals surface area contributed by atoms with Crippen LogP contribution >= 0.6 is 0 Å². The van der Waals surface area contributed by atoms with Crippen LogP contribution in [-0.4, -0.2) is 20.8 Å². The summed E-state index contributed by atoms with van der Waals surface area (Å²) in [5, 5.41) is 0. The van der Waals surface area contributed by atoms with Gasteiger partial charge in [-0.3, -0.25) is 14.8 Å². The third-order valence-corrected chi connectivity index (χ3v) is 4.07. The summed E-state index contributed by atoms with van der Waals surface area (Å²) in [5.74, 6) is -0.0796. The molecule has 0 aliphatic rings. The lowest BCUT2D eigenvalue weighted by molar-refractivity contribution is 0.0724. The quantitative estimate of drug-likeness (QED) is 0.688. The summed E-state index contributed by atoms with van der Waals surface area (Å²) in [6.45, 7) is 3.17. The van der Waals surface area contributed by atoms with Gasteiger partial charge in [-0.25, -0.2) is 0 Å². The van der Waals surface area contributed by atoms with E-state index in [1.807, 2.05) is 24.3 Å². The summed E-state index contributed by atoms with van der Waals surface area (Å²) in [5.41, 5.74) is 3.84. The first kappa shape index (κ1) is 16.8. The van der Waals surface area contributed by atoms with Gasteiger partial charge >= 0.3 is 0 Å². The number of rotatable bonds is 6. The van der Waals surface area contributed by atoms with E-state index in [1.54, 1.807) is 29.6 Å². The number of carbonyl (C=O) groups is 1. The molecule has 0 spiro atoms. The fraction of sp³-hybridized carbons (Fsp3) is 0.190. The maximum Gasteiger partial charge on any atom is 0.273 e. The predicted molar refractivity (Wildman–Crippen MR) is 97.9 cm³/mol. The van der Waals surface area contributed by atoms with Crippen LogP contribution in [0.4, 0.5) is 0 Å². The van der Waals surface area contributed by atoms with E-state index in [0.717, 1.165) is 17.5 Å². The van der Waals surface area contributed by atoms with Gasteiger partial charge in [-0.1, -0.05) is 43.3 Å². The normalized spacial score (nSPS) is 10.4. The Labute approximate surface area is 148 Å². The van der Waals surface area contributed by atoms with Crippen LogP contribution in [0.3, 0.4) is 0 Å². The van der Waals surface area contributed by atoms with Gasteiger partial charge < -0.3 is 4.90 Å². The minimum absolute atomic E-state index is 0.0796. The minimum atomic E-state index is -0.0796. The number of nitrogens with zero attached hydrogens (tertiary/aromatic N) is 3. The lowest BCUT2D eigenvalue weighted by atomic mass is 10.1. The summed E-state index contributed by atoms with van der Waals surface area (Å²) < 4.78 is 0. The van der Waals surface area contributed by atoms with Crippen LogP contribution in [0.2, 0.25) is 0 Å². The first-order valence-electron chi connectivity index (χ1n) is 8.43. The van der Waals surface area contributed by atoms with Crippen molar-refractivity contribution in [3.63, 3.8) is 0 Å². The summed E-state index contributed by atoms with van der Waals surface area (Å²) in [6, 6.07) is 17.6. The molecule has 0 bridgehead atoms. The van der Waals surface area contributed by atoms with Crippen molar-refractivity contribution in [3.8, 4) is 0 Å². The Morgan fingerprint density at radius 2 is 1.64 bits per heavy atom. The molecule has 0 aliphatic carbocycles. The Hall–Kier alpha value is -3.01. The molecule has 3 rings (SSSR count). The molecule has 0 saturated carbocycles. The zero-order chi connectivity index (χ0) is 17.5. The maximum absolute atomic E-state index is 12.9. The number of carbonyl (C=O) groups excluding carboxylic acids is 1. The second kappa shape index (κ2) is 8.20. The van der Waals surface area contributed by atoms with Crippen molar-refractivity contribution in [1.29, 1.82) is 0 Å². The van der Waals surface area contributed by atoms with Gasteiger partial charge in [-0.05, 0) is 41.3 Å². The standard InChI is InChI=1S/C21H21N3O/c1-2-17-8-10-18(11-9-17)15-24(16-19-6-5-12-22-14-19)21(25)20-7-3-4-13-23-20/h3-14H,2,15-16H2,1H3. The largest absolute Gasteiger partial charge is 0.329 e. The molecule has 1 aromatic carbocycles. The second-order valence-electron chi connectivity index (χ2n) is 5.91. The van der Waals surface area contributed by atoms with Gasteiger partial charge in [0, 0.05) is 31.7 Å². The molecule has 3 aromatic rings. The van der Waals surface area contributed by atoms with E-state index in [2.05, 4.69) is 41.2 Å². The Balaban J connectivity index is 1.84. The van der Waals surface area contributed by atoms with Gasteiger partial charge in [0.2, 0.25) is 0 Å². The minimum Gasteiger partial charge on any atom is -0.329 e. The van der Waals surface area contributed by atoms with Crippen molar-refractivity contribution in [2.45, 2.75) is 26.4 Å². The van der Waals surface area contributed by atoms with Crippen LogP contribution in [0.5, 0.6) is 0 Å². The Morgan fingerprint density at radius 3 is 2.28 bits per heavy atom. The fourth-order valence-electron chi connectivity index (χ4n) is 2.66. The van der Waals surface area contributed by atoms with Crippen LogP contribution in [0.1, 0.15) is 34.1 Å². The average molecular weight is 331 g/mol. The summed E-state index contributed by atoms with van der Waals surface area (Å²) in [6.07, 6.45) is 6.18. The molecule has 126 valence electrons. The van der Waals surface area contributed by atoms with E-state index in [-0.39, 0.29) is 5.91 Å². The number of aromatic nitrogens is 2. The molecular formula is C21H21N3O. The van der Waals surface area contributed by atoms with E-state index < -0.39 is 0 Å². The molecule has 1 amide bonds. The van der Waals surface area contributed by atoms with Crippen molar-refractivity contribution in [2.75, 3.05) is 0 Å². The monoisotopic (exact) mass is 331 g/mol. The van der Waals surface area contributed by atoms with E-state index >= 15 is 0 Å². The van der Waals surface area contributed by atoms with Crippen molar-refractivity contribution in [1.82, 2.24) is 14.9 Å². The number of hydrogen-bond acceptors (Lipinski definition) is 3. The highest BCUT2D eigenvalue weighted by molar-refractivity contribution is 5.92. The van der Waals surface area contributed by atoms with Gasteiger partial charge in [0.15, 0.2) is 0 Å². The van der Waals surface area contributed by atoms with E-state index in [9.17, 15) is 4.79 Å². The Morgan fingerprint density at radius 1 is 0.880 bits per heavy atom. The second-order valence-corrected chi connectivity index (χ2v) is 5.91. The maximum atomic E-state index is 12.9. The highest BCUT2D eigenvalue weighted by atomic mass is 16.2. The Kier molecular flexibility index (Phi) is 5.52. The average Bonchev–Trinajstić information content (AvgIpc) is 2.69. The molecule has 0 atom stereocenters. The van der Waals surface area contributed by atoms with Crippen LogP contribution in [0.25, 0.3) is 0 Å². The molecule has 0 fully saturated rings. The zero-order valence-corrected chi connectivity index (χ0v) is 14.3. The molecule has 0 radical (unpaired) electrons. The van der Waals surface area contributed by atoms with Crippen molar-refractivity contribution in [2.24, 2.45) is 0 Å². The van der Waals surface area contributed by atoms with Gasteiger partial charge in [0.1, 0.15) is 5.69 Å². The highest BCUT2D eigenvalue weighted by Gasteiger charge is 2.17. The highest BCUT2D eigenvalue weighted by Crippen LogP contribution is 2.14. The van der Waals surface area contributed by atoms with Crippen molar-refractivity contribution < 1.29 is 4.79 Å². The number of benzene rings is 1. The number of amides is 1. The first-order chi connectivity index (χ1) is 12.3. The fourth-order valence-corrected chi connectivity index (χ4v) is 2.66. The lowest BCUT2D eigenvalue weighted by Crippen LogP contribution is -2.30. The first-order valence-corrected chi connectivity index (χ1v) is 8.43. The molecule has 4 heteroatoms.